The van der Waals surface area contributed by atoms with Crippen LogP contribution in [0, 0.1) is 0 Å². The van der Waals surface area contributed by atoms with Crippen LogP contribution in [0.15, 0.2) is 224 Å². The number of benzene rings is 9. The van der Waals surface area contributed by atoms with Gasteiger partial charge in [0.2, 0.25) is 0 Å². The molecule has 0 bridgehead atoms. The quantitative estimate of drug-likeness (QED) is 0.146. The molecule has 0 fully saturated rings. The Hall–Kier alpha value is -7.14. The van der Waals surface area contributed by atoms with E-state index in [0.29, 0.717) is 0 Å². The number of fused-ring (bicyclic) bond motifs is 4. The van der Waals surface area contributed by atoms with Gasteiger partial charge in [-0.15, -0.1) is 11.3 Å². The second kappa shape index (κ2) is 14.6. The second-order valence-electron chi connectivity index (χ2n) is 13.8. The van der Waals surface area contributed by atoms with Crippen LogP contribution in [-0.4, -0.2) is 0 Å². The molecule has 0 saturated heterocycles. The molecule has 0 unspecified atom stereocenters. The molecule has 0 radical (unpaired) electrons. The van der Waals surface area contributed by atoms with Crippen molar-refractivity contribution in [1.29, 1.82) is 0 Å². The fraction of sp³-hybridized carbons (Fsp3) is 0. The highest BCUT2D eigenvalue weighted by atomic mass is 32.1. The summed E-state index contributed by atoms with van der Waals surface area (Å²) in [6.07, 6.45) is 0. The molecule has 0 amide bonds. The highest BCUT2D eigenvalue weighted by molar-refractivity contribution is 7.27. The van der Waals surface area contributed by atoms with Crippen LogP contribution in [-0.2, 0) is 0 Å². The summed E-state index contributed by atoms with van der Waals surface area (Å²) in [7, 11) is 0. The van der Waals surface area contributed by atoms with Gasteiger partial charge in [-0.25, -0.2) is 0 Å². The Bertz CT molecular complexity index is 2780. The smallest absolute Gasteiger partial charge is 0.0718 e. The summed E-state index contributed by atoms with van der Waals surface area (Å²) >= 11 is 1.88. The lowest BCUT2D eigenvalue weighted by Crippen LogP contribution is -2.13. The molecule has 1 heterocycles. The number of para-hydroxylation sites is 6. The van der Waals surface area contributed by atoms with Crippen LogP contribution in [0.2, 0.25) is 0 Å². The average molecular weight is 736 g/mol. The van der Waals surface area contributed by atoms with E-state index < -0.39 is 0 Å². The highest BCUT2D eigenvalue weighted by Gasteiger charge is 2.26. The van der Waals surface area contributed by atoms with Gasteiger partial charge in [0.1, 0.15) is 0 Å². The largest absolute Gasteiger partial charge is 0.310 e. The van der Waals surface area contributed by atoms with Gasteiger partial charge in [-0.3, -0.25) is 0 Å². The van der Waals surface area contributed by atoms with E-state index in [2.05, 4.69) is 239 Å². The number of hydrogen-bond donors (Lipinski definition) is 0. The van der Waals surface area contributed by atoms with Crippen molar-refractivity contribution in [3.63, 3.8) is 0 Å². The SMILES string of the molecule is c1ccc(N(c2ccccc2)c2cc(N(c3ccccc3)c3ccccc3)c3sc4c(N(c5ccccc5)c5ccccc5)c5ccccc5cc4c3c2)cc1. The van der Waals surface area contributed by atoms with Gasteiger partial charge in [-0.1, -0.05) is 133 Å². The molecular formula is C52H37N3S. The summed E-state index contributed by atoms with van der Waals surface area (Å²) in [5.74, 6) is 0. The van der Waals surface area contributed by atoms with E-state index in [9.17, 15) is 0 Å². The first-order valence-corrected chi connectivity index (χ1v) is 19.8. The molecule has 0 N–H and O–H groups in total. The molecule has 266 valence electrons. The predicted molar refractivity (Wildman–Crippen MR) is 241 cm³/mol. The number of anilines is 9. The standard InChI is InChI=1S/C52H37N3S/c1-7-22-39(23-8-1)53(40-24-9-2-10-25-40)45-36-48-47-35-38-21-19-20-34-46(38)50(55(43-30-15-5-16-31-43)44-32-17-6-18-33-44)52(47)56-51(48)49(37-45)54(41-26-11-3-12-27-41)42-28-13-4-14-29-42/h1-37H. The minimum absolute atomic E-state index is 1.08. The lowest BCUT2D eigenvalue weighted by Gasteiger charge is -2.30. The molecule has 10 aromatic rings. The Balaban J connectivity index is 1.36. The molecule has 0 aliphatic heterocycles. The molecule has 0 aliphatic rings. The first-order chi connectivity index (χ1) is 27.8. The van der Waals surface area contributed by atoms with Crippen molar-refractivity contribution in [2.24, 2.45) is 0 Å². The van der Waals surface area contributed by atoms with Crippen LogP contribution in [0.1, 0.15) is 0 Å². The van der Waals surface area contributed by atoms with Crippen molar-refractivity contribution in [1.82, 2.24) is 0 Å². The van der Waals surface area contributed by atoms with Gasteiger partial charge in [0.15, 0.2) is 0 Å². The first-order valence-electron chi connectivity index (χ1n) is 18.9. The van der Waals surface area contributed by atoms with Gasteiger partial charge in [-0.05, 0) is 96.4 Å². The zero-order valence-electron chi connectivity index (χ0n) is 30.6. The van der Waals surface area contributed by atoms with E-state index in [1.807, 2.05) is 11.3 Å². The minimum Gasteiger partial charge on any atom is -0.310 e. The Kier molecular flexibility index (Phi) is 8.71. The maximum Gasteiger partial charge on any atom is 0.0718 e. The van der Waals surface area contributed by atoms with Crippen LogP contribution in [0.25, 0.3) is 30.9 Å². The number of hydrogen-bond acceptors (Lipinski definition) is 4. The van der Waals surface area contributed by atoms with Crippen molar-refractivity contribution >= 4 is 93.5 Å². The summed E-state index contributed by atoms with van der Waals surface area (Å²) in [4.78, 5) is 7.23. The van der Waals surface area contributed by atoms with E-state index >= 15 is 0 Å². The summed E-state index contributed by atoms with van der Waals surface area (Å²) < 4.78 is 2.45. The number of nitrogens with zero attached hydrogens (tertiary/aromatic N) is 3. The molecule has 1 aromatic heterocycles. The molecule has 0 saturated carbocycles. The van der Waals surface area contributed by atoms with Crippen molar-refractivity contribution in [3.8, 4) is 0 Å². The maximum atomic E-state index is 2.44. The van der Waals surface area contributed by atoms with Crippen LogP contribution < -0.4 is 14.7 Å². The lowest BCUT2D eigenvalue weighted by molar-refractivity contribution is 1.26. The zero-order chi connectivity index (χ0) is 37.3. The molecule has 10 rings (SSSR count). The highest BCUT2D eigenvalue weighted by Crippen LogP contribution is 2.53. The van der Waals surface area contributed by atoms with Crippen LogP contribution in [0.4, 0.5) is 51.2 Å². The molecule has 0 aliphatic carbocycles. The molecule has 9 aromatic carbocycles. The lowest BCUT2D eigenvalue weighted by atomic mass is 10.0. The summed E-state index contributed by atoms with van der Waals surface area (Å²) in [6.45, 7) is 0. The molecule has 3 nitrogen and oxygen atoms in total. The average Bonchev–Trinajstić information content (AvgIpc) is 3.64. The van der Waals surface area contributed by atoms with Crippen molar-refractivity contribution < 1.29 is 0 Å². The molecular weight excluding hydrogens is 699 g/mol. The van der Waals surface area contributed by atoms with E-state index in [1.165, 1.54) is 36.6 Å². The Morgan fingerprint density at radius 3 is 1.11 bits per heavy atom. The summed E-state index contributed by atoms with van der Waals surface area (Å²) in [5.41, 5.74) is 10.0. The third-order valence-electron chi connectivity index (χ3n) is 10.3. The summed E-state index contributed by atoms with van der Waals surface area (Å²) in [6, 6.07) is 80.4. The van der Waals surface area contributed by atoms with E-state index in [-0.39, 0.29) is 0 Å². The van der Waals surface area contributed by atoms with Gasteiger partial charge in [-0.2, -0.15) is 0 Å². The van der Waals surface area contributed by atoms with Crippen LogP contribution in [0.3, 0.4) is 0 Å². The molecule has 4 heteroatoms. The third-order valence-corrected chi connectivity index (χ3v) is 11.6. The Labute approximate surface area is 331 Å². The minimum atomic E-state index is 1.08. The Morgan fingerprint density at radius 2 is 0.643 bits per heavy atom. The fourth-order valence-electron chi connectivity index (χ4n) is 7.88. The molecule has 0 atom stereocenters. The van der Waals surface area contributed by atoms with Crippen LogP contribution >= 0.6 is 11.3 Å². The van der Waals surface area contributed by atoms with Gasteiger partial charge < -0.3 is 14.7 Å². The van der Waals surface area contributed by atoms with Gasteiger partial charge >= 0.3 is 0 Å². The van der Waals surface area contributed by atoms with Crippen molar-refractivity contribution in [2.45, 2.75) is 0 Å². The van der Waals surface area contributed by atoms with E-state index in [0.717, 1.165) is 45.5 Å². The zero-order valence-corrected chi connectivity index (χ0v) is 31.4. The van der Waals surface area contributed by atoms with Gasteiger partial charge in [0, 0.05) is 56.0 Å². The Morgan fingerprint density at radius 1 is 0.268 bits per heavy atom. The van der Waals surface area contributed by atoms with Gasteiger partial charge in [0.05, 0.1) is 20.8 Å². The van der Waals surface area contributed by atoms with Crippen LogP contribution in [0.5, 0.6) is 0 Å². The summed E-state index contributed by atoms with van der Waals surface area (Å²) in [5, 5.41) is 4.84. The van der Waals surface area contributed by atoms with Gasteiger partial charge in [0.25, 0.3) is 0 Å². The maximum absolute atomic E-state index is 2.44. The predicted octanol–water partition coefficient (Wildman–Crippen LogP) is 15.6. The number of thiophene rings is 1. The topological polar surface area (TPSA) is 9.72 Å². The second-order valence-corrected chi connectivity index (χ2v) is 14.8. The molecule has 0 spiro atoms. The monoisotopic (exact) mass is 735 g/mol. The third kappa shape index (κ3) is 6.03. The van der Waals surface area contributed by atoms with E-state index in [4.69, 9.17) is 0 Å². The molecule has 56 heavy (non-hydrogen) atoms. The van der Waals surface area contributed by atoms with Crippen molar-refractivity contribution in [2.75, 3.05) is 14.7 Å². The normalized spacial score (nSPS) is 11.2. The van der Waals surface area contributed by atoms with Crippen molar-refractivity contribution in [3.05, 3.63) is 224 Å². The number of rotatable bonds is 9. The first kappa shape index (κ1) is 33.4. The van der Waals surface area contributed by atoms with E-state index in [1.54, 1.807) is 0 Å². The fourth-order valence-corrected chi connectivity index (χ4v) is 9.20.